The first-order chi connectivity index (χ1) is 16.7. The first kappa shape index (κ1) is 27.1. The highest BCUT2D eigenvalue weighted by Gasteiger charge is 2.31. The molecule has 0 aliphatic heterocycles. The summed E-state index contributed by atoms with van der Waals surface area (Å²) in [4.78, 5) is 28.4. The average Bonchev–Trinajstić information content (AvgIpc) is 2.82. The van der Waals surface area contributed by atoms with Gasteiger partial charge in [0.15, 0.2) is 6.61 Å². The van der Waals surface area contributed by atoms with Crippen LogP contribution in [0.1, 0.15) is 25.0 Å². The molecule has 35 heavy (non-hydrogen) atoms. The summed E-state index contributed by atoms with van der Waals surface area (Å²) in [7, 11) is 0. The molecule has 0 aliphatic rings. The van der Waals surface area contributed by atoms with Gasteiger partial charge in [-0.3, -0.25) is 9.59 Å². The number of rotatable bonds is 10. The van der Waals surface area contributed by atoms with Gasteiger partial charge in [-0.25, -0.2) is 0 Å². The van der Waals surface area contributed by atoms with Crippen LogP contribution in [0.5, 0.6) is 5.75 Å². The molecule has 3 aromatic rings. The van der Waals surface area contributed by atoms with Crippen molar-refractivity contribution in [2.24, 2.45) is 0 Å². The van der Waals surface area contributed by atoms with E-state index in [1.54, 1.807) is 35.2 Å². The molecule has 5 nitrogen and oxygen atoms in total. The molecule has 3 rings (SSSR count). The lowest BCUT2D eigenvalue weighted by Gasteiger charge is -2.32. The fourth-order valence-corrected chi connectivity index (χ4v) is 4.46. The minimum Gasteiger partial charge on any atom is -0.483 e. The maximum absolute atomic E-state index is 13.5. The van der Waals surface area contributed by atoms with Gasteiger partial charge in [-0.1, -0.05) is 65.7 Å². The average molecular weight is 578 g/mol. The van der Waals surface area contributed by atoms with Crippen LogP contribution in [0.25, 0.3) is 0 Å². The Morgan fingerprint density at radius 3 is 2.23 bits per heavy atom. The summed E-state index contributed by atoms with van der Waals surface area (Å²) in [6.45, 7) is 3.77. The standard InChI is InChI=1S/C27H27BrCl2N2O3/c1-18(2)31-27(34)24(14-19-6-4-3-5-7-19)32(16-20-8-10-21(29)11-9-20)26(33)17-35-25-13-12-22(30)15-23(25)28/h3-13,15,18,24H,14,16-17H2,1-2H3,(H,31,34)/t24-/m1/s1. The van der Waals surface area contributed by atoms with Crippen molar-refractivity contribution in [2.45, 2.75) is 38.9 Å². The van der Waals surface area contributed by atoms with Gasteiger partial charge in [-0.05, 0) is 71.2 Å². The van der Waals surface area contributed by atoms with Crippen LogP contribution >= 0.6 is 39.1 Å². The zero-order valence-corrected chi connectivity index (χ0v) is 22.6. The Balaban J connectivity index is 1.91. The monoisotopic (exact) mass is 576 g/mol. The van der Waals surface area contributed by atoms with E-state index in [1.807, 2.05) is 56.3 Å². The van der Waals surface area contributed by atoms with E-state index in [9.17, 15) is 9.59 Å². The van der Waals surface area contributed by atoms with Gasteiger partial charge in [0, 0.05) is 29.1 Å². The van der Waals surface area contributed by atoms with Crippen LogP contribution in [0.2, 0.25) is 10.0 Å². The summed E-state index contributed by atoms with van der Waals surface area (Å²) in [6.07, 6.45) is 0.364. The van der Waals surface area contributed by atoms with Crippen molar-refractivity contribution in [1.29, 1.82) is 0 Å². The Bertz CT molecular complexity index is 1140. The molecule has 0 saturated heterocycles. The van der Waals surface area contributed by atoms with Crippen LogP contribution < -0.4 is 10.1 Å². The normalized spacial score (nSPS) is 11.7. The van der Waals surface area contributed by atoms with Gasteiger partial charge in [0.2, 0.25) is 5.91 Å². The third-order valence-electron chi connectivity index (χ3n) is 5.21. The number of hydrogen-bond donors (Lipinski definition) is 1. The summed E-state index contributed by atoms with van der Waals surface area (Å²) in [5, 5.41) is 4.11. The molecule has 8 heteroatoms. The topological polar surface area (TPSA) is 58.6 Å². The van der Waals surface area contributed by atoms with Crippen molar-refractivity contribution in [3.63, 3.8) is 0 Å². The molecule has 0 saturated carbocycles. The maximum atomic E-state index is 13.5. The number of carbonyl (C=O) groups excluding carboxylic acids is 2. The zero-order valence-electron chi connectivity index (χ0n) is 19.5. The molecule has 1 N–H and O–H groups in total. The van der Waals surface area contributed by atoms with E-state index in [4.69, 9.17) is 27.9 Å². The zero-order chi connectivity index (χ0) is 25.4. The molecular weight excluding hydrogens is 551 g/mol. The van der Waals surface area contributed by atoms with Crippen LogP contribution in [0, 0.1) is 0 Å². The van der Waals surface area contributed by atoms with Crippen molar-refractivity contribution in [1.82, 2.24) is 10.2 Å². The van der Waals surface area contributed by atoms with Crippen molar-refractivity contribution in [3.8, 4) is 5.75 Å². The van der Waals surface area contributed by atoms with Crippen LogP contribution in [-0.2, 0) is 22.6 Å². The first-order valence-electron chi connectivity index (χ1n) is 11.2. The minimum atomic E-state index is -0.736. The number of nitrogens with one attached hydrogen (secondary N) is 1. The summed E-state index contributed by atoms with van der Waals surface area (Å²) in [6, 6.07) is 21.1. The molecule has 1 atom stereocenters. The van der Waals surface area contributed by atoms with Crippen LogP contribution in [-0.4, -0.2) is 35.4 Å². The van der Waals surface area contributed by atoms with Gasteiger partial charge in [0.25, 0.3) is 5.91 Å². The Morgan fingerprint density at radius 1 is 0.943 bits per heavy atom. The van der Waals surface area contributed by atoms with E-state index >= 15 is 0 Å². The van der Waals surface area contributed by atoms with E-state index in [-0.39, 0.29) is 31.0 Å². The largest absolute Gasteiger partial charge is 0.483 e. The van der Waals surface area contributed by atoms with Crippen molar-refractivity contribution >= 4 is 50.9 Å². The van der Waals surface area contributed by atoms with Crippen molar-refractivity contribution in [2.75, 3.05) is 6.61 Å². The second kappa shape index (κ2) is 13.0. The van der Waals surface area contributed by atoms with Crippen LogP contribution in [0.3, 0.4) is 0 Å². The number of amides is 2. The lowest BCUT2D eigenvalue weighted by atomic mass is 10.0. The number of nitrogens with zero attached hydrogens (tertiary/aromatic N) is 1. The minimum absolute atomic E-state index is 0.0745. The number of halogens is 3. The quantitative estimate of drug-likeness (QED) is 0.308. The van der Waals surface area contributed by atoms with E-state index in [1.165, 1.54) is 0 Å². The smallest absolute Gasteiger partial charge is 0.261 e. The molecule has 0 unspecified atom stereocenters. The summed E-state index contributed by atoms with van der Waals surface area (Å²) in [5.74, 6) is -0.0547. The molecule has 0 spiro atoms. The molecule has 0 radical (unpaired) electrons. The summed E-state index contributed by atoms with van der Waals surface area (Å²) < 4.78 is 6.44. The van der Waals surface area contributed by atoms with Gasteiger partial charge in [-0.15, -0.1) is 0 Å². The molecule has 0 bridgehead atoms. The predicted molar refractivity (Wildman–Crippen MR) is 144 cm³/mol. The molecule has 184 valence electrons. The Kier molecular flexibility index (Phi) is 10.0. The Morgan fingerprint density at radius 2 is 1.60 bits per heavy atom. The fraction of sp³-hybridized carbons (Fsp3) is 0.259. The maximum Gasteiger partial charge on any atom is 0.261 e. The molecule has 2 amide bonds. The molecular formula is C27H27BrCl2N2O3. The number of carbonyl (C=O) groups is 2. The SMILES string of the molecule is CC(C)NC(=O)[C@@H](Cc1ccccc1)N(Cc1ccc(Cl)cc1)C(=O)COc1ccc(Cl)cc1Br. The van der Waals surface area contributed by atoms with E-state index in [0.29, 0.717) is 26.7 Å². The van der Waals surface area contributed by atoms with Gasteiger partial charge < -0.3 is 15.0 Å². The van der Waals surface area contributed by atoms with Crippen LogP contribution in [0.4, 0.5) is 0 Å². The third-order valence-corrected chi connectivity index (χ3v) is 6.32. The van der Waals surface area contributed by atoms with Gasteiger partial charge in [-0.2, -0.15) is 0 Å². The van der Waals surface area contributed by atoms with E-state index < -0.39 is 6.04 Å². The molecule has 0 aliphatic carbocycles. The number of benzene rings is 3. The summed E-state index contributed by atoms with van der Waals surface area (Å²) in [5.41, 5.74) is 1.80. The molecule has 3 aromatic carbocycles. The van der Waals surface area contributed by atoms with Gasteiger partial charge in [0.1, 0.15) is 11.8 Å². The summed E-state index contributed by atoms with van der Waals surface area (Å²) >= 11 is 15.5. The highest BCUT2D eigenvalue weighted by atomic mass is 79.9. The highest BCUT2D eigenvalue weighted by Crippen LogP contribution is 2.28. The molecule has 0 aromatic heterocycles. The first-order valence-corrected chi connectivity index (χ1v) is 12.7. The Hall–Kier alpha value is -2.54. The van der Waals surface area contributed by atoms with Crippen LogP contribution in [0.15, 0.2) is 77.3 Å². The predicted octanol–water partition coefficient (Wildman–Crippen LogP) is 6.30. The van der Waals surface area contributed by atoms with Gasteiger partial charge in [0.05, 0.1) is 4.47 Å². The second-order valence-corrected chi connectivity index (χ2v) is 10.1. The number of ether oxygens (including phenoxy) is 1. The molecule has 0 heterocycles. The van der Waals surface area contributed by atoms with Gasteiger partial charge >= 0.3 is 0 Å². The van der Waals surface area contributed by atoms with Crippen molar-refractivity contribution < 1.29 is 14.3 Å². The third kappa shape index (κ3) is 8.27. The molecule has 0 fully saturated rings. The lowest BCUT2D eigenvalue weighted by Crippen LogP contribution is -2.52. The van der Waals surface area contributed by atoms with E-state index in [0.717, 1.165) is 11.1 Å². The fourth-order valence-electron chi connectivity index (χ4n) is 3.54. The Labute approximate surface area is 224 Å². The van der Waals surface area contributed by atoms with Crippen molar-refractivity contribution in [3.05, 3.63) is 98.4 Å². The highest BCUT2D eigenvalue weighted by molar-refractivity contribution is 9.10. The lowest BCUT2D eigenvalue weighted by molar-refractivity contribution is -0.143. The number of hydrogen-bond acceptors (Lipinski definition) is 3. The second-order valence-electron chi connectivity index (χ2n) is 8.38. The van der Waals surface area contributed by atoms with E-state index in [2.05, 4.69) is 21.2 Å².